The molecule has 3 heteroatoms. The summed E-state index contributed by atoms with van der Waals surface area (Å²) in [5.41, 5.74) is 0. The Morgan fingerprint density at radius 3 is 3.00 bits per heavy atom. The van der Waals surface area contributed by atoms with Crippen LogP contribution in [0.15, 0.2) is 5.16 Å². The highest BCUT2D eigenvalue weighted by Crippen LogP contribution is 2.11. The molecule has 0 saturated carbocycles. The molecule has 1 radical (unpaired) electrons. The Morgan fingerprint density at radius 2 is 2.62 bits per heavy atom. The molecule has 1 rings (SSSR count). The van der Waals surface area contributed by atoms with Crippen molar-refractivity contribution in [1.82, 2.24) is 0 Å². The van der Waals surface area contributed by atoms with E-state index in [-0.39, 0.29) is 6.29 Å². The fraction of sp³-hybridized carbons (Fsp3) is 0.800. The molecule has 0 amide bonds. The van der Waals surface area contributed by atoms with Crippen LogP contribution in [0, 0.1) is 0 Å². The second-order valence-corrected chi connectivity index (χ2v) is 1.51. The maximum Gasteiger partial charge on any atom is 0.229 e. The lowest BCUT2D eigenvalue weighted by Crippen LogP contribution is -2.27. The molecule has 0 N–H and O–H groups in total. The van der Waals surface area contributed by atoms with Crippen molar-refractivity contribution in [1.29, 1.82) is 0 Å². The van der Waals surface area contributed by atoms with Gasteiger partial charge in [-0.2, -0.15) is 0 Å². The second-order valence-electron chi connectivity index (χ2n) is 1.51. The second kappa shape index (κ2) is 2.67. The van der Waals surface area contributed by atoms with Crippen LogP contribution in [0.1, 0.15) is 13.3 Å². The molecule has 1 aliphatic heterocycles. The average molecular weight is 114 g/mol. The van der Waals surface area contributed by atoms with E-state index in [0.717, 1.165) is 13.0 Å². The van der Waals surface area contributed by atoms with Gasteiger partial charge in [0.1, 0.15) is 6.21 Å². The molecule has 0 aromatic heterocycles. The van der Waals surface area contributed by atoms with Gasteiger partial charge in [-0.3, -0.25) is 0 Å². The molecule has 1 atom stereocenters. The van der Waals surface area contributed by atoms with Crippen LogP contribution in [0.5, 0.6) is 0 Å². The first kappa shape index (κ1) is 5.56. The van der Waals surface area contributed by atoms with Crippen molar-refractivity contribution in [2.24, 2.45) is 5.16 Å². The van der Waals surface area contributed by atoms with Crippen molar-refractivity contribution in [3.05, 3.63) is 0 Å². The maximum absolute atomic E-state index is 4.88. The van der Waals surface area contributed by atoms with Gasteiger partial charge < -0.3 is 9.57 Å². The quantitative estimate of drug-likeness (QED) is 0.389. The van der Waals surface area contributed by atoms with Crippen LogP contribution in [-0.4, -0.2) is 19.1 Å². The molecule has 1 unspecified atom stereocenters. The number of nitrogens with zero attached hydrogens (tertiary/aromatic N) is 1. The highest BCUT2D eigenvalue weighted by Gasteiger charge is 2.18. The molecule has 45 valence electrons. The van der Waals surface area contributed by atoms with E-state index in [4.69, 9.17) is 9.57 Å². The van der Waals surface area contributed by atoms with Crippen LogP contribution in [0.3, 0.4) is 0 Å². The maximum atomic E-state index is 4.88. The minimum absolute atomic E-state index is 0.0950. The molecule has 0 aromatic rings. The van der Waals surface area contributed by atoms with Crippen LogP contribution in [-0.2, 0) is 9.57 Å². The van der Waals surface area contributed by atoms with Gasteiger partial charge in [0.2, 0.25) is 6.29 Å². The zero-order chi connectivity index (χ0) is 5.82. The van der Waals surface area contributed by atoms with Crippen LogP contribution >= 0.6 is 0 Å². The van der Waals surface area contributed by atoms with E-state index in [1.54, 1.807) is 6.92 Å². The van der Waals surface area contributed by atoms with E-state index in [0.29, 0.717) is 0 Å². The summed E-state index contributed by atoms with van der Waals surface area (Å²) >= 11 is 0. The van der Waals surface area contributed by atoms with Crippen LogP contribution in [0.25, 0.3) is 0 Å². The first-order valence-electron chi connectivity index (χ1n) is 2.57. The molecule has 0 aromatic carbocycles. The van der Waals surface area contributed by atoms with E-state index >= 15 is 0 Å². The number of hydrogen-bond donors (Lipinski definition) is 0. The Bertz CT molecular complexity index is 88.4. The van der Waals surface area contributed by atoms with Gasteiger partial charge in [0.25, 0.3) is 0 Å². The van der Waals surface area contributed by atoms with Crippen molar-refractivity contribution in [3.8, 4) is 0 Å². The van der Waals surface area contributed by atoms with E-state index in [1.807, 2.05) is 0 Å². The zero-order valence-corrected chi connectivity index (χ0v) is 4.76. The van der Waals surface area contributed by atoms with E-state index < -0.39 is 0 Å². The predicted molar refractivity (Wildman–Crippen MR) is 28.6 cm³/mol. The van der Waals surface area contributed by atoms with Gasteiger partial charge in [0.05, 0.1) is 6.61 Å². The summed E-state index contributed by atoms with van der Waals surface area (Å²) in [5, 5.41) is 3.42. The average Bonchev–Trinajstić information content (AvgIpc) is 1.63. The minimum atomic E-state index is -0.0950. The molecular weight excluding hydrogens is 106 g/mol. The third kappa shape index (κ3) is 1.20. The number of hydrogen-bond acceptors (Lipinski definition) is 3. The van der Waals surface area contributed by atoms with Crippen LogP contribution < -0.4 is 0 Å². The Morgan fingerprint density at radius 1 is 1.88 bits per heavy atom. The Kier molecular flexibility index (Phi) is 1.86. The van der Waals surface area contributed by atoms with Gasteiger partial charge in [-0.15, -0.1) is 0 Å². The fourth-order valence-electron chi connectivity index (χ4n) is 0.409. The fourth-order valence-corrected chi connectivity index (χ4v) is 0.409. The molecule has 0 bridgehead atoms. The first-order chi connectivity index (χ1) is 3.93. The number of rotatable bonds is 2. The first-order valence-corrected chi connectivity index (χ1v) is 2.57. The normalized spacial score (nSPS) is 27.9. The topological polar surface area (TPSA) is 30.8 Å². The lowest BCUT2D eigenvalue weighted by Gasteiger charge is -2.22. The van der Waals surface area contributed by atoms with Gasteiger partial charge in [-0.25, -0.2) is 0 Å². The molecule has 0 aliphatic carbocycles. The molecule has 0 spiro atoms. The van der Waals surface area contributed by atoms with E-state index in [9.17, 15) is 0 Å². The Labute approximate surface area is 48.3 Å². The monoisotopic (exact) mass is 114 g/mol. The lowest BCUT2D eigenvalue weighted by atomic mass is 10.4. The lowest BCUT2D eigenvalue weighted by molar-refractivity contribution is -0.214. The third-order valence-electron chi connectivity index (χ3n) is 0.919. The van der Waals surface area contributed by atoms with Crippen molar-refractivity contribution < 1.29 is 9.57 Å². The Balaban J connectivity index is 2.01. The largest absolute Gasteiger partial charge is 0.363 e. The summed E-state index contributed by atoms with van der Waals surface area (Å²) < 4.78 is 4.88. The van der Waals surface area contributed by atoms with E-state index in [2.05, 4.69) is 11.4 Å². The molecule has 8 heavy (non-hydrogen) atoms. The third-order valence-corrected chi connectivity index (χ3v) is 0.919. The molecule has 1 aliphatic rings. The molecule has 1 saturated heterocycles. The van der Waals surface area contributed by atoms with Crippen molar-refractivity contribution in [2.75, 3.05) is 6.61 Å². The minimum Gasteiger partial charge on any atom is -0.363 e. The molecule has 1 fully saturated rings. The molecular formula is C5H8NO2. The van der Waals surface area contributed by atoms with Crippen LogP contribution in [0.2, 0.25) is 0 Å². The van der Waals surface area contributed by atoms with Gasteiger partial charge in [0, 0.05) is 6.42 Å². The zero-order valence-electron chi connectivity index (χ0n) is 4.76. The van der Waals surface area contributed by atoms with Crippen LogP contribution in [0.4, 0.5) is 0 Å². The molecule has 1 heterocycles. The highest BCUT2D eigenvalue weighted by atomic mass is 16.8. The molecule has 3 nitrogen and oxygen atoms in total. The van der Waals surface area contributed by atoms with Gasteiger partial charge in [-0.1, -0.05) is 5.16 Å². The van der Waals surface area contributed by atoms with Gasteiger partial charge in [0.15, 0.2) is 0 Å². The smallest absolute Gasteiger partial charge is 0.229 e. The highest BCUT2D eigenvalue weighted by molar-refractivity contribution is 5.52. The Hall–Kier alpha value is -0.570. The number of ether oxygens (including phenoxy) is 1. The van der Waals surface area contributed by atoms with Gasteiger partial charge in [-0.05, 0) is 6.92 Å². The predicted octanol–water partition coefficient (Wildman–Crippen LogP) is 0.632. The summed E-state index contributed by atoms with van der Waals surface area (Å²) in [6, 6.07) is 0. The van der Waals surface area contributed by atoms with E-state index in [1.165, 1.54) is 0 Å². The van der Waals surface area contributed by atoms with Gasteiger partial charge >= 0.3 is 0 Å². The van der Waals surface area contributed by atoms with Crippen molar-refractivity contribution in [2.45, 2.75) is 19.6 Å². The summed E-state index contributed by atoms with van der Waals surface area (Å²) in [6.07, 6.45) is 3.34. The van der Waals surface area contributed by atoms with Crippen molar-refractivity contribution >= 4 is 6.21 Å². The standard InChI is InChI=1S/C5H8NO2/c1-2-6-8-5-3-4-7-5/h5H,3-4H2,1H3. The summed E-state index contributed by atoms with van der Waals surface area (Å²) in [4.78, 5) is 4.72. The SMILES string of the molecule is C[C]=NOC1CCO1. The summed E-state index contributed by atoms with van der Waals surface area (Å²) in [5.74, 6) is 0. The summed E-state index contributed by atoms with van der Waals surface area (Å²) in [6.45, 7) is 2.47. The van der Waals surface area contributed by atoms with Crippen molar-refractivity contribution in [3.63, 3.8) is 0 Å². The summed E-state index contributed by atoms with van der Waals surface area (Å²) in [7, 11) is 0.